The number of rotatable bonds is 5. The van der Waals surface area contributed by atoms with E-state index in [0.29, 0.717) is 6.10 Å². The number of likely N-dealkylation sites (tertiary alicyclic amines) is 2. The Labute approximate surface area is 140 Å². The molecule has 1 amide bonds. The molecule has 2 rings (SSSR count). The van der Waals surface area contributed by atoms with Gasteiger partial charge in [-0.2, -0.15) is 0 Å². The number of amides is 1. The van der Waals surface area contributed by atoms with Crippen molar-refractivity contribution < 1.29 is 9.53 Å². The Morgan fingerprint density at radius 3 is 2.39 bits per heavy atom. The van der Waals surface area contributed by atoms with Crippen molar-refractivity contribution in [1.82, 2.24) is 15.1 Å². The molecule has 2 aliphatic heterocycles. The van der Waals surface area contributed by atoms with Crippen molar-refractivity contribution in [3.05, 3.63) is 0 Å². The van der Waals surface area contributed by atoms with E-state index < -0.39 is 0 Å². The predicted octanol–water partition coefficient (Wildman–Crippen LogP) is 1.47. The number of hydrogen-bond acceptors (Lipinski definition) is 3. The lowest BCUT2D eigenvalue weighted by Crippen LogP contribution is -2.47. The van der Waals surface area contributed by atoms with Crippen molar-refractivity contribution in [2.75, 3.05) is 45.9 Å². The van der Waals surface area contributed by atoms with Gasteiger partial charge in [-0.1, -0.05) is 0 Å². The first kappa shape index (κ1) is 18.0. The maximum Gasteiger partial charge on any atom is 0.244 e. The number of guanidine groups is 1. The summed E-state index contributed by atoms with van der Waals surface area (Å²) >= 11 is 0. The number of aliphatic imine (C=N–C) groups is 1. The van der Waals surface area contributed by atoms with Crippen molar-refractivity contribution >= 4 is 11.9 Å². The number of carbonyl (C=O) groups excluding carboxylic acids is 1. The van der Waals surface area contributed by atoms with Crippen LogP contribution in [-0.2, 0) is 9.53 Å². The quantitative estimate of drug-likeness (QED) is 0.614. The highest BCUT2D eigenvalue weighted by Gasteiger charge is 2.22. The molecular formula is C17H32N4O2. The van der Waals surface area contributed by atoms with E-state index in [1.54, 1.807) is 0 Å². The fraction of sp³-hybridized carbons (Fsp3) is 0.882. The normalized spacial score (nSPS) is 20.7. The Bertz CT molecular complexity index is 386. The molecule has 2 heterocycles. The molecule has 0 aliphatic carbocycles. The molecular weight excluding hydrogens is 292 g/mol. The van der Waals surface area contributed by atoms with Gasteiger partial charge >= 0.3 is 0 Å². The lowest BCUT2D eigenvalue weighted by Gasteiger charge is -2.34. The highest BCUT2D eigenvalue weighted by Crippen LogP contribution is 2.14. The minimum atomic E-state index is 0.157. The summed E-state index contributed by atoms with van der Waals surface area (Å²) < 4.78 is 5.70. The number of ether oxygens (including phenoxy) is 1. The number of hydrogen-bond donors (Lipinski definition) is 1. The second-order valence-electron chi connectivity index (χ2n) is 6.25. The van der Waals surface area contributed by atoms with E-state index in [1.165, 1.54) is 6.42 Å². The Balaban J connectivity index is 1.85. The fourth-order valence-corrected chi connectivity index (χ4v) is 3.28. The van der Waals surface area contributed by atoms with Crippen molar-refractivity contribution in [1.29, 1.82) is 0 Å². The zero-order valence-corrected chi connectivity index (χ0v) is 14.7. The average molecular weight is 324 g/mol. The van der Waals surface area contributed by atoms with Gasteiger partial charge in [0, 0.05) is 39.3 Å². The van der Waals surface area contributed by atoms with Crippen LogP contribution in [0.3, 0.4) is 0 Å². The smallest absolute Gasteiger partial charge is 0.244 e. The molecule has 0 aromatic heterocycles. The molecule has 0 aromatic rings. The zero-order valence-electron chi connectivity index (χ0n) is 14.7. The van der Waals surface area contributed by atoms with Crippen molar-refractivity contribution in [3.8, 4) is 0 Å². The third kappa shape index (κ3) is 5.68. The van der Waals surface area contributed by atoms with Gasteiger partial charge in [0.15, 0.2) is 5.96 Å². The van der Waals surface area contributed by atoms with Gasteiger partial charge in [0.25, 0.3) is 0 Å². The highest BCUT2D eigenvalue weighted by molar-refractivity contribution is 5.85. The summed E-state index contributed by atoms with van der Waals surface area (Å²) in [7, 11) is 0. The average Bonchev–Trinajstić information content (AvgIpc) is 2.60. The molecule has 0 bridgehead atoms. The van der Waals surface area contributed by atoms with Crippen LogP contribution in [0.25, 0.3) is 0 Å². The highest BCUT2D eigenvalue weighted by atomic mass is 16.5. The van der Waals surface area contributed by atoms with E-state index in [4.69, 9.17) is 4.74 Å². The minimum Gasteiger partial charge on any atom is -0.378 e. The van der Waals surface area contributed by atoms with Crippen LogP contribution >= 0.6 is 0 Å². The first-order valence-electron chi connectivity index (χ1n) is 9.17. The van der Waals surface area contributed by atoms with Crippen molar-refractivity contribution in [2.24, 2.45) is 4.99 Å². The van der Waals surface area contributed by atoms with Crippen LogP contribution in [0.2, 0.25) is 0 Å². The van der Waals surface area contributed by atoms with Gasteiger partial charge in [-0.3, -0.25) is 4.79 Å². The summed E-state index contributed by atoms with van der Waals surface area (Å²) in [6, 6.07) is 0. The zero-order chi connectivity index (χ0) is 16.5. The van der Waals surface area contributed by atoms with E-state index >= 15 is 0 Å². The van der Waals surface area contributed by atoms with Gasteiger partial charge in [-0.05, 0) is 46.0 Å². The lowest BCUT2D eigenvalue weighted by atomic mass is 10.1. The molecule has 0 spiro atoms. The second kappa shape index (κ2) is 9.75. The van der Waals surface area contributed by atoms with Crippen molar-refractivity contribution in [2.45, 2.75) is 52.1 Å². The molecule has 0 aromatic carbocycles. The number of nitrogens with zero attached hydrogens (tertiary/aromatic N) is 3. The summed E-state index contributed by atoms with van der Waals surface area (Å²) in [6.45, 7) is 9.64. The molecule has 23 heavy (non-hydrogen) atoms. The molecule has 6 heteroatoms. The predicted molar refractivity (Wildman–Crippen MR) is 92.6 cm³/mol. The van der Waals surface area contributed by atoms with Crippen molar-refractivity contribution in [3.63, 3.8) is 0 Å². The van der Waals surface area contributed by atoms with E-state index in [9.17, 15) is 4.79 Å². The van der Waals surface area contributed by atoms with E-state index in [2.05, 4.69) is 22.1 Å². The molecule has 2 fully saturated rings. The topological polar surface area (TPSA) is 57.2 Å². The molecule has 2 aliphatic rings. The number of piperidine rings is 2. The van der Waals surface area contributed by atoms with Gasteiger partial charge < -0.3 is 19.9 Å². The molecule has 1 N–H and O–H groups in total. The molecule has 0 radical (unpaired) electrons. The van der Waals surface area contributed by atoms with Crippen LogP contribution in [-0.4, -0.2) is 73.6 Å². The third-order valence-electron chi connectivity index (χ3n) is 4.55. The Hall–Kier alpha value is -1.30. The maximum absolute atomic E-state index is 12.3. The SMILES string of the molecule is CCNC(=NCC(=O)N1CCCCC1)N1CCC(OCC)CC1. The third-order valence-corrected chi connectivity index (χ3v) is 4.55. The molecule has 6 nitrogen and oxygen atoms in total. The largest absolute Gasteiger partial charge is 0.378 e. The Kier molecular flexibility index (Phi) is 7.65. The monoisotopic (exact) mass is 324 g/mol. The Morgan fingerprint density at radius 2 is 1.78 bits per heavy atom. The summed E-state index contributed by atoms with van der Waals surface area (Å²) in [6.07, 6.45) is 5.91. The van der Waals surface area contributed by atoms with E-state index in [-0.39, 0.29) is 12.5 Å². The van der Waals surface area contributed by atoms with Gasteiger partial charge in [0.1, 0.15) is 6.54 Å². The van der Waals surface area contributed by atoms with Gasteiger partial charge in [0.2, 0.25) is 5.91 Å². The molecule has 0 atom stereocenters. The van der Waals surface area contributed by atoms with E-state index in [1.807, 2.05) is 11.8 Å². The first-order chi connectivity index (χ1) is 11.2. The molecule has 0 unspecified atom stereocenters. The van der Waals surface area contributed by atoms with Gasteiger partial charge in [0.05, 0.1) is 6.10 Å². The summed E-state index contributed by atoms with van der Waals surface area (Å²) in [4.78, 5) is 21.1. The maximum atomic E-state index is 12.3. The second-order valence-corrected chi connectivity index (χ2v) is 6.25. The lowest BCUT2D eigenvalue weighted by molar-refractivity contribution is -0.130. The van der Waals surface area contributed by atoms with Crippen LogP contribution in [0.4, 0.5) is 0 Å². The number of carbonyl (C=O) groups is 1. The number of nitrogens with one attached hydrogen (secondary N) is 1. The Morgan fingerprint density at radius 1 is 1.09 bits per heavy atom. The van der Waals surface area contributed by atoms with Gasteiger partial charge in [-0.15, -0.1) is 0 Å². The summed E-state index contributed by atoms with van der Waals surface area (Å²) in [5, 5.41) is 3.32. The molecule has 0 saturated carbocycles. The summed E-state index contributed by atoms with van der Waals surface area (Å²) in [5.74, 6) is 1.03. The molecule has 132 valence electrons. The van der Waals surface area contributed by atoms with Gasteiger partial charge in [-0.25, -0.2) is 4.99 Å². The minimum absolute atomic E-state index is 0.157. The van der Waals surface area contributed by atoms with Crippen LogP contribution < -0.4 is 5.32 Å². The molecule has 2 saturated heterocycles. The van der Waals surface area contributed by atoms with Crippen LogP contribution in [0.1, 0.15) is 46.0 Å². The standard InChI is InChI=1S/C17H32N4O2/c1-3-18-17(21-12-8-15(9-13-21)23-4-2)19-14-16(22)20-10-6-5-7-11-20/h15H,3-14H2,1-2H3,(H,18,19). The van der Waals surface area contributed by atoms with Crippen LogP contribution in [0, 0.1) is 0 Å². The van der Waals surface area contributed by atoms with E-state index in [0.717, 1.165) is 71.0 Å². The summed E-state index contributed by atoms with van der Waals surface area (Å²) in [5.41, 5.74) is 0. The fourth-order valence-electron chi connectivity index (χ4n) is 3.28. The first-order valence-corrected chi connectivity index (χ1v) is 9.17. The van der Waals surface area contributed by atoms with Crippen LogP contribution in [0.5, 0.6) is 0 Å². The van der Waals surface area contributed by atoms with Crippen LogP contribution in [0.15, 0.2) is 4.99 Å².